The second kappa shape index (κ2) is 7.18. The van der Waals surface area contributed by atoms with Crippen LogP contribution in [0, 0.1) is 17.8 Å². The molecule has 0 atom stereocenters. The third-order valence-corrected chi connectivity index (χ3v) is 9.65. The van der Waals surface area contributed by atoms with Crippen molar-refractivity contribution in [3.8, 4) is 5.69 Å². The fraction of sp³-hybridized carbons (Fsp3) is 0.538. The SMILES string of the molecule is Cc1ccnc(N2CC3(C2)CN(c2nnc4n2-c2ccc(Cl)cc2CN(C25CC(C(F)(F)F)(C2)C5)C4)C3)n1. The summed E-state index contributed by atoms with van der Waals surface area (Å²) in [7, 11) is 0. The van der Waals surface area contributed by atoms with E-state index >= 15 is 0 Å². The first-order valence-corrected chi connectivity index (χ1v) is 13.3. The fourth-order valence-corrected chi connectivity index (χ4v) is 7.69. The van der Waals surface area contributed by atoms with Crippen LogP contribution in [-0.4, -0.2) is 67.5 Å². The van der Waals surface area contributed by atoms with Crippen molar-refractivity contribution in [2.24, 2.45) is 10.8 Å². The third-order valence-electron chi connectivity index (χ3n) is 9.42. The average Bonchev–Trinajstić information content (AvgIpc) is 3.05. The molecule has 3 aromatic rings. The molecule has 1 aromatic carbocycles. The van der Waals surface area contributed by atoms with Gasteiger partial charge in [-0.25, -0.2) is 9.97 Å². The summed E-state index contributed by atoms with van der Waals surface area (Å²) in [6.07, 6.45) is -1.85. The molecule has 0 radical (unpaired) electrons. The molecule has 0 amide bonds. The van der Waals surface area contributed by atoms with Crippen LogP contribution in [0.5, 0.6) is 0 Å². The lowest BCUT2D eigenvalue weighted by Gasteiger charge is -2.73. The van der Waals surface area contributed by atoms with Gasteiger partial charge in [0.2, 0.25) is 11.9 Å². The minimum absolute atomic E-state index is 0.163. The van der Waals surface area contributed by atoms with Gasteiger partial charge in [-0.15, -0.1) is 10.2 Å². The highest BCUT2D eigenvalue weighted by Crippen LogP contribution is 2.75. The molecular weight excluding hydrogens is 517 g/mol. The molecule has 12 heteroatoms. The molecule has 2 bridgehead atoms. The van der Waals surface area contributed by atoms with E-state index in [1.807, 2.05) is 31.2 Å². The van der Waals surface area contributed by atoms with Gasteiger partial charge in [-0.3, -0.25) is 9.47 Å². The van der Waals surface area contributed by atoms with Crippen LogP contribution in [0.25, 0.3) is 5.69 Å². The van der Waals surface area contributed by atoms with Crippen LogP contribution in [0.15, 0.2) is 30.5 Å². The molecule has 6 aliphatic rings. The Morgan fingerprint density at radius 1 is 0.947 bits per heavy atom. The Bertz CT molecular complexity index is 1450. The molecule has 3 aliphatic carbocycles. The summed E-state index contributed by atoms with van der Waals surface area (Å²) in [5.74, 6) is 2.32. The monoisotopic (exact) mass is 542 g/mol. The quantitative estimate of drug-likeness (QED) is 0.493. The van der Waals surface area contributed by atoms with E-state index in [0.717, 1.165) is 60.8 Å². The van der Waals surface area contributed by atoms with Crippen molar-refractivity contribution in [2.75, 3.05) is 36.0 Å². The summed E-state index contributed by atoms with van der Waals surface area (Å²) in [6, 6.07) is 7.66. The molecule has 9 rings (SSSR count). The number of alkyl halides is 3. The minimum atomic E-state index is -4.13. The van der Waals surface area contributed by atoms with Crippen molar-refractivity contribution < 1.29 is 13.2 Å². The lowest BCUT2D eigenvalue weighted by molar-refractivity contribution is -0.364. The number of aromatic nitrogens is 5. The summed E-state index contributed by atoms with van der Waals surface area (Å²) < 4.78 is 42.8. The largest absolute Gasteiger partial charge is 0.394 e. The lowest BCUT2D eigenvalue weighted by atomic mass is 9.38. The van der Waals surface area contributed by atoms with Crippen molar-refractivity contribution >= 4 is 23.5 Å². The van der Waals surface area contributed by atoms with Gasteiger partial charge in [0.1, 0.15) is 0 Å². The molecule has 5 heterocycles. The van der Waals surface area contributed by atoms with Crippen LogP contribution >= 0.6 is 11.6 Å². The van der Waals surface area contributed by atoms with Gasteiger partial charge in [-0.05, 0) is 56.0 Å². The highest BCUT2D eigenvalue weighted by molar-refractivity contribution is 6.30. The molecule has 2 saturated heterocycles. The van der Waals surface area contributed by atoms with Crippen molar-refractivity contribution in [1.29, 1.82) is 0 Å². The number of halogens is 4. The minimum Gasteiger partial charge on any atom is -0.339 e. The smallest absolute Gasteiger partial charge is 0.339 e. The number of benzene rings is 1. The highest BCUT2D eigenvalue weighted by atomic mass is 35.5. The van der Waals surface area contributed by atoms with Gasteiger partial charge in [0, 0.05) is 60.6 Å². The Hall–Kier alpha value is -2.92. The summed E-state index contributed by atoms with van der Waals surface area (Å²) in [5.41, 5.74) is 1.15. The van der Waals surface area contributed by atoms with Gasteiger partial charge in [0.05, 0.1) is 17.6 Å². The zero-order valence-electron chi connectivity index (χ0n) is 20.8. The van der Waals surface area contributed by atoms with Crippen molar-refractivity contribution in [1.82, 2.24) is 29.6 Å². The van der Waals surface area contributed by atoms with E-state index in [9.17, 15) is 13.2 Å². The summed E-state index contributed by atoms with van der Waals surface area (Å²) in [5, 5.41) is 9.75. The number of aryl methyl sites for hydroxylation is 1. The van der Waals surface area contributed by atoms with E-state index in [-0.39, 0.29) is 24.7 Å². The summed E-state index contributed by atoms with van der Waals surface area (Å²) >= 11 is 6.38. The number of rotatable bonds is 3. The van der Waals surface area contributed by atoms with Crippen LogP contribution in [0.3, 0.4) is 0 Å². The average molecular weight is 543 g/mol. The van der Waals surface area contributed by atoms with E-state index < -0.39 is 17.1 Å². The maximum Gasteiger partial charge on any atom is 0.394 e. The molecule has 8 nitrogen and oxygen atoms in total. The summed E-state index contributed by atoms with van der Waals surface area (Å²) in [4.78, 5) is 15.6. The van der Waals surface area contributed by atoms with Crippen molar-refractivity contribution in [2.45, 2.75) is 51.0 Å². The van der Waals surface area contributed by atoms with Crippen LogP contribution in [0.2, 0.25) is 5.02 Å². The molecule has 1 spiro atoms. The molecule has 2 aromatic heterocycles. The van der Waals surface area contributed by atoms with Crippen LogP contribution in [0.4, 0.5) is 25.1 Å². The number of anilines is 2. The summed E-state index contributed by atoms with van der Waals surface area (Å²) in [6.45, 7) is 6.50. The standard InChI is InChI=1S/C26H26ClF3N8/c1-16-4-5-31-21(32-16)35-12-23(13-35)14-36(15-23)22-34-33-20-8-37(25-9-24(10-25,11-25)26(28,29)30)7-17-6-18(27)2-3-19(17)38(20)22/h2-6H,7-15H2,1H3. The zero-order chi connectivity index (χ0) is 26.1. The van der Waals surface area contributed by atoms with Gasteiger partial charge in [0.25, 0.3) is 0 Å². The second-order valence-corrected chi connectivity index (χ2v) is 12.6. The van der Waals surface area contributed by atoms with Crippen molar-refractivity contribution in [3.05, 3.63) is 52.6 Å². The van der Waals surface area contributed by atoms with Crippen LogP contribution < -0.4 is 9.80 Å². The highest BCUT2D eigenvalue weighted by Gasteiger charge is 2.80. The van der Waals surface area contributed by atoms with Gasteiger partial charge < -0.3 is 9.80 Å². The van der Waals surface area contributed by atoms with Crippen LogP contribution in [-0.2, 0) is 13.1 Å². The fourth-order valence-electron chi connectivity index (χ4n) is 7.50. The van der Waals surface area contributed by atoms with Gasteiger partial charge in [-0.1, -0.05) is 11.6 Å². The van der Waals surface area contributed by atoms with Crippen molar-refractivity contribution in [3.63, 3.8) is 0 Å². The van der Waals surface area contributed by atoms with Gasteiger partial charge in [0.15, 0.2) is 5.82 Å². The molecule has 3 aliphatic heterocycles. The Labute approximate surface area is 222 Å². The maximum absolute atomic E-state index is 13.6. The third kappa shape index (κ3) is 3.03. The van der Waals surface area contributed by atoms with Gasteiger partial charge >= 0.3 is 6.18 Å². The lowest BCUT2D eigenvalue weighted by Crippen LogP contribution is -2.78. The normalized spacial score (nSPS) is 29.0. The predicted molar refractivity (Wildman–Crippen MR) is 134 cm³/mol. The molecule has 5 fully saturated rings. The predicted octanol–water partition coefficient (Wildman–Crippen LogP) is 4.15. The van der Waals surface area contributed by atoms with E-state index in [1.165, 1.54) is 0 Å². The van der Waals surface area contributed by atoms with E-state index in [1.54, 1.807) is 6.20 Å². The van der Waals surface area contributed by atoms with E-state index in [4.69, 9.17) is 11.6 Å². The Morgan fingerprint density at radius 3 is 2.39 bits per heavy atom. The first kappa shape index (κ1) is 23.0. The van der Waals surface area contributed by atoms with Gasteiger partial charge in [-0.2, -0.15) is 13.2 Å². The molecule has 198 valence electrons. The number of hydrogen-bond acceptors (Lipinski definition) is 7. The molecule has 3 saturated carbocycles. The maximum atomic E-state index is 13.6. The number of fused-ring (bicyclic) bond motifs is 3. The first-order valence-electron chi connectivity index (χ1n) is 12.9. The number of nitrogens with zero attached hydrogens (tertiary/aromatic N) is 8. The molecule has 0 N–H and O–H groups in total. The topological polar surface area (TPSA) is 66.2 Å². The Kier molecular flexibility index (Phi) is 4.35. The van der Waals surface area contributed by atoms with E-state index in [2.05, 4.69) is 39.4 Å². The second-order valence-electron chi connectivity index (χ2n) is 12.1. The zero-order valence-corrected chi connectivity index (χ0v) is 21.6. The van der Waals surface area contributed by atoms with Crippen LogP contribution in [0.1, 0.15) is 36.3 Å². The molecular formula is C26H26ClF3N8. The molecule has 38 heavy (non-hydrogen) atoms. The Balaban J connectivity index is 1.05. The number of hydrogen-bond donors (Lipinski definition) is 0. The van der Waals surface area contributed by atoms with E-state index in [0.29, 0.717) is 18.1 Å². The Morgan fingerprint density at radius 2 is 1.68 bits per heavy atom. The molecule has 0 unspecified atom stereocenters. The first-order chi connectivity index (χ1) is 18.1.